The van der Waals surface area contributed by atoms with E-state index in [-0.39, 0.29) is 79.4 Å². The molecule has 0 radical (unpaired) electrons. The van der Waals surface area contributed by atoms with Crippen molar-refractivity contribution < 1.29 is 19.1 Å². The molecule has 0 aromatic heterocycles. The van der Waals surface area contributed by atoms with Crippen LogP contribution in [0.1, 0.15) is 31.8 Å². The third-order valence-electron chi connectivity index (χ3n) is 6.67. The summed E-state index contributed by atoms with van der Waals surface area (Å²) in [6.07, 6.45) is 0. The van der Waals surface area contributed by atoms with E-state index in [1.54, 1.807) is 20.9 Å². The minimum atomic E-state index is -1.07. The van der Waals surface area contributed by atoms with Gasteiger partial charge < -0.3 is 77.4 Å². The Labute approximate surface area is 229 Å². The average molecular weight is 555 g/mol. The molecule has 0 unspecified atom stereocenters. The van der Waals surface area contributed by atoms with Crippen molar-refractivity contribution in [2.24, 2.45) is 0 Å². The molecule has 16 nitrogen and oxygen atoms in total. The number of nitrogens with one attached hydrogen (secondary N) is 2. The third kappa shape index (κ3) is 4.22. The molecule has 16 heteroatoms. The molecule has 0 saturated carbocycles. The van der Waals surface area contributed by atoms with E-state index in [2.05, 4.69) is 10.6 Å². The molecule has 0 aliphatic rings. The highest BCUT2D eigenvalue weighted by Crippen LogP contribution is 2.49. The maximum absolute atomic E-state index is 13.5. The predicted octanol–water partition coefficient (Wildman–Crippen LogP) is 0.647. The molecular formula is C24H34N12O4. The van der Waals surface area contributed by atoms with Crippen LogP contribution in [0, 0.1) is 13.8 Å². The Morgan fingerprint density at radius 2 is 0.850 bits per heavy atom. The summed E-state index contributed by atoms with van der Waals surface area (Å²) < 4.78 is 11.1. The maximum atomic E-state index is 13.5. The first-order valence-corrected chi connectivity index (χ1v) is 11.6. The summed E-state index contributed by atoms with van der Waals surface area (Å²) >= 11 is 0. The Kier molecular flexibility index (Phi) is 7.31. The first kappa shape index (κ1) is 28.8. The second-order valence-corrected chi connectivity index (χ2v) is 8.82. The second kappa shape index (κ2) is 10.2. The van der Waals surface area contributed by atoms with Gasteiger partial charge in [-0.05, 0) is 25.0 Å². The van der Waals surface area contributed by atoms with E-state index in [9.17, 15) is 9.59 Å². The van der Waals surface area contributed by atoms with Crippen LogP contribution in [-0.2, 0) is 0 Å². The van der Waals surface area contributed by atoms with Crippen molar-refractivity contribution in [3.63, 3.8) is 0 Å². The number of benzene rings is 3. The van der Waals surface area contributed by atoms with Crippen molar-refractivity contribution in [1.29, 1.82) is 0 Å². The zero-order valence-electron chi connectivity index (χ0n) is 22.4. The summed E-state index contributed by atoms with van der Waals surface area (Å²) in [5.41, 5.74) is 60.4. The third-order valence-corrected chi connectivity index (χ3v) is 6.67. The molecule has 0 aliphatic heterocycles. The summed E-state index contributed by atoms with van der Waals surface area (Å²) in [7, 11) is 3.09. The van der Waals surface area contributed by atoms with E-state index in [4.69, 9.17) is 66.8 Å². The maximum Gasteiger partial charge on any atom is 0.348 e. The number of hydrogen-bond donors (Lipinski definition) is 12. The number of nitrogen functional groups attached to an aromatic ring is 10. The molecule has 214 valence electrons. The number of rotatable bonds is 6. The van der Waals surface area contributed by atoms with Crippen molar-refractivity contribution in [2.75, 3.05) is 82.1 Å². The van der Waals surface area contributed by atoms with Crippen LogP contribution in [0.15, 0.2) is 0 Å². The van der Waals surface area contributed by atoms with Crippen molar-refractivity contribution in [3.8, 4) is 11.5 Å². The molecule has 0 heterocycles. The number of carbonyl (C=O) groups excluding carboxylic acids is 2. The standard InChI is InChI=1S/C24H34N12O4/c1-5-6(2)9(25)12(28)10(26)7(5)23(37)39-21-17(33)14(30)15(31)18(34)22(21)40-24(38)8-11(27)13(29)16(32)20(36-4)19(8)35-3/h35-36H,25-34H2,1-4H3. The zero-order chi connectivity index (χ0) is 30.4. The van der Waals surface area contributed by atoms with E-state index in [0.717, 1.165) is 0 Å². The van der Waals surface area contributed by atoms with Crippen LogP contribution in [0.2, 0.25) is 0 Å². The fourth-order valence-electron chi connectivity index (χ4n) is 4.14. The van der Waals surface area contributed by atoms with Crippen molar-refractivity contribution >= 4 is 80.2 Å². The van der Waals surface area contributed by atoms with E-state index < -0.39 is 23.4 Å². The van der Waals surface area contributed by atoms with Crippen molar-refractivity contribution in [3.05, 3.63) is 22.3 Å². The van der Waals surface area contributed by atoms with Crippen LogP contribution in [0.3, 0.4) is 0 Å². The van der Waals surface area contributed by atoms with Crippen LogP contribution in [0.4, 0.5) is 68.2 Å². The number of nitrogens with two attached hydrogens (primary N) is 10. The molecule has 22 N–H and O–H groups in total. The monoisotopic (exact) mass is 554 g/mol. The lowest BCUT2D eigenvalue weighted by Crippen LogP contribution is -2.21. The number of hydrogen-bond acceptors (Lipinski definition) is 16. The molecule has 3 rings (SSSR count). The predicted molar refractivity (Wildman–Crippen MR) is 162 cm³/mol. The van der Waals surface area contributed by atoms with Gasteiger partial charge in [0.05, 0.1) is 62.4 Å². The normalized spacial score (nSPS) is 10.7. The molecule has 0 bridgehead atoms. The number of esters is 2. The lowest BCUT2D eigenvalue weighted by molar-refractivity contribution is 0.0686. The van der Waals surface area contributed by atoms with E-state index in [1.165, 1.54) is 7.05 Å². The van der Waals surface area contributed by atoms with Crippen LogP contribution >= 0.6 is 0 Å². The molecule has 0 aliphatic carbocycles. The molecule has 0 atom stereocenters. The highest BCUT2D eigenvalue weighted by molar-refractivity contribution is 6.13. The lowest BCUT2D eigenvalue weighted by atomic mass is 9.98. The van der Waals surface area contributed by atoms with Gasteiger partial charge in [0.1, 0.15) is 16.9 Å². The molecule has 40 heavy (non-hydrogen) atoms. The highest BCUT2D eigenvalue weighted by Gasteiger charge is 2.31. The molecule has 0 fully saturated rings. The zero-order valence-corrected chi connectivity index (χ0v) is 22.4. The Morgan fingerprint density at radius 1 is 0.475 bits per heavy atom. The van der Waals surface area contributed by atoms with E-state index in [0.29, 0.717) is 11.1 Å². The van der Waals surface area contributed by atoms with Gasteiger partial charge in [-0.1, -0.05) is 0 Å². The SMILES string of the molecule is CNc1c(N)c(N)c(N)c(C(=O)Oc2c(N)c(N)c(N)c(N)c2OC(=O)c2c(C)c(C)c(N)c(N)c2N)c1NC. The first-order valence-electron chi connectivity index (χ1n) is 11.6. The van der Waals surface area contributed by atoms with Gasteiger partial charge in [0, 0.05) is 14.1 Å². The molecular weight excluding hydrogens is 520 g/mol. The average Bonchev–Trinajstić information content (AvgIpc) is 2.92. The van der Waals surface area contributed by atoms with Crippen LogP contribution in [0.5, 0.6) is 11.5 Å². The minimum absolute atomic E-state index is 0.0117. The van der Waals surface area contributed by atoms with Gasteiger partial charge in [-0.2, -0.15) is 0 Å². The summed E-state index contributed by atoms with van der Waals surface area (Å²) in [4.78, 5) is 26.9. The quantitative estimate of drug-likeness (QED) is 0.113. The Bertz CT molecular complexity index is 1560. The number of carbonyl (C=O) groups is 2. The second-order valence-electron chi connectivity index (χ2n) is 8.82. The van der Waals surface area contributed by atoms with Crippen LogP contribution < -0.4 is 77.4 Å². The molecule has 0 spiro atoms. The number of ether oxygens (including phenoxy) is 2. The fraction of sp³-hybridized carbons (Fsp3) is 0.167. The molecule has 0 saturated heterocycles. The first-order chi connectivity index (χ1) is 18.6. The van der Waals surface area contributed by atoms with Gasteiger partial charge >= 0.3 is 11.9 Å². The highest BCUT2D eigenvalue weighted by atomic mass is 16.6. The van der Waals surface area contributed by atoms with E-state index >= 15 is 0 Å². The molecule has 3 aromatic rings. The molecule has 3 aromatic carbocycles. The van der Waals surface area contributed by atoms with Gasteiger partial charge in [-0.3, -0.25) is 0 Å². The van der Waals surface area contributed by atoms with Gasteiger partial charge in [-0.15, -0.1) is 0 Å². The Balaban J connectivity index is 2.22. The van der Waals surface area contributed by atoms with Crippen molar-refractivity contribution in [1.82, 2.24) is 0 Å². The fourth-order valence-corrected chi connectivity index (χ4v) is 4.14. The topological polar surface area (TPSA) is 337 Å². The minimum Gasteiger partial charge on any atom is -0.416 e. The smallest absolute Gasteiger partial charge is 0.348 e. The lowest BCUT2D eigenvalue weighted by Gasteiger charge is -2.22. The van der Waals surface area contributed by atoms with Gasteiger partial charge in [0.2, 0.25) is 11.5 Å². The number of anilines is 12. The summed E-state index contributed by atoms with van der Waals surface area (Å²) in [5.74, 6) is -3.10. The van der Waals surface area contributed by atoms with Gasteiger partial charge in [0.25, 0.3) is 0 Å². The summed E-state index contributed by atoms with van der Waals surface area (Å²) in [6.45, 7) is 3.25. The Morgan fingerprint density at radius 3 is 1.30 bits per heavy atom. The molecule has 0 amide bonds. The van der Waals surface area contributed by atoms with Gasteiger partial charge in [-0.25, -0.2) is 9.59 Å². The van der Waals surface area contributed by atoms with E-state index in [1.807, 2.05) is 0 Å². The van der Waals surface area contributed by atoms with Crippen LogP contribution in [-0.4, -0.2) is 26.0 Å². The summed E-state index contributed by atoms with van der Waals surface area (Å²) in [6, 6.07) is 0. The van der Waals surface area contributed by atoms with Crippen LogP contribution in [0.25, 0.3) is 0 Å². The largest absolute Gasteiger partial charge is 0.416 e. The van der Waals surface area contributed by atoms with Gasteiger partial charge in [0.15, 0.2) is 0 Å². The van der Waals surface area contributed by atoms with Crippen molar-refractivity contribution in [2.45, 2.75) is 13.8 Å². The summed E-state index contributed by atoms with van der Waals surface area (Å²) in [5, 5.41) is 5.68. The Hall–Kier alpha value is -5.80.